The van der Waals surface area contributed by atoms with Gasteiger partial charge in [-0.3, -0.25) is 4.21 Å². The highest BCUT2D eigenvalue weighted by Gasteiger charge is 2.37. The molecule has 0 bridgehead atoms. The first kappa shape index (κ1) is 14.5. The summed E-state index contributed by atoms with van der Waals surface area (Å²) in [5.74, 6) is 1.52. The van der Waals surface area contributed by atoms with Crippen molar-refractivity contribution in [3.63, 3.8) is 0 Å². The maximum absolute atomic E-state index is 12.8. The Morgan fingerprint density at radius 1 is 1.11 bits per heavy atom. The lowest BCUT2D eigenvalue weighted by molar-refractivity contribution is 0.248. The molecular weight excluding hydrogens is 242 g/mol. The Morgan fingerprint density at radius 2 is 1.78 bits per heavy atom. The van der Waals surface area contributed by atoms with Gasteiger partial charge in [-0.25, -0.2) is 0 Å². The molecule has 0 aromatic carbocycles. The Morgan fingerprint density at radius 3 is 2.33 bits per heavy atom. The fourth-order valence-corrected chi connectivity index (χ4v) is 6.05. The van der Waals surface area contributed by atoms with E-state index in [-0.39, 0.29) is 0 Å². The monoisotopic (exact) mass is 271 g/mol. The summed E-state index contributed by atoms with van der Waals surface area (Å²) in [6.45, 7) is 4.64. The van der Waals surface area contributed by atoms with Gasteiger partial charge in [0.05, 0.1) is 5.25 Å². The highest BCUT2D eigenvalue weighted by molar-refractivity contribution is 7.86. The van der Waals surface area contributed by atoms with Crippen LogP contribution in [0.4, 0.5) is 0 Å². The third-order valence-corrected chi connectivity index (χ3v) is 7.32. The van der Waals surface area contributed by atoms with Gasteiger partial charge in [0.1, 0.15) is 0 Å². The van der Waals surface area contributed by atoms with E-state index in [2.05, 4.69) is 19.2 Å². The summed E-state index contributed by atoms with van der Waals surface area (Å²) in [5, 5.41) is 4.32. The predicted octanol–water partition coefficient (Wildman–Crippen LogP) is 3.09. The molecule has 4 unspecified atom stereocenters. The first-order valence-corrected chi connectivity index (χ1v) is 8.97. The van der Waals surface area contributed by atoms with Crippen molar-refractivity contribution in [2.75, 3.05) is 7.05 Å². The van der Waals surface area contributed by atoms with Crippen LogP contribution in [0.1, 0.15) is 58.8 Å². The third-order valence-electron chi connectivity index (χ3n) is 5.08. The Kier molecular flexibility index (Phi) is 5.25. The van der Waals surface area contributed by atoms with Gasteiger partial charge in [0.15, 0.2) is 0 Å². The van der Waals surface area contributed by atoms with Crippen LogP contribution in [0, 0.1) is 11.8 Å². The second kappa shape index (κ2) is 6.51. The molecule has 0 amide bonds. The van der Waals surface area contributed by atoms with E-state index in [9.17, 15) is 4.21 Å². The zero-order chi connectivity index (χ0) is 13.1. The summed E-state index contributed by atoms with van der Waals surface area (Å²) in [6, 6.07) is 0.487. The zero-order valence-electron chi connectivity index (χ0n) is 12.2. The van der Waals surface area contributed by atoms with Gasteiger partial charge < -0.3 is 5.32 Å². The Balaban J connectivity index is 2.03. The molecule has 1 N–H and O–H groups in total. The van der Waals surface area contributed by atoms with Crippen molar-refractivity contribution < 1.29 is 4.21 Å². The smallest absolute Gasteiger partial charge is 0.0506 e. The molecule has 0 saturated heterocycles. The number of hydrogen-bond acceptors (Lipinski definition) is 2. The summed E-state index contributed by atoms with van der Waals surface area (Å²) in [4.78, 5) is 0. The van der Waals surface area contributed by atoms with Crippen LogP contribution in [-0.4, -0.2) is 27.8 Å². The quantitative estimate of drug-likeness (QED) is 0.851. The van der Waals surface area contributed by atoms with Crippen LogP contribution in [-0.2, 0) is 10.8 Å². The standard InChI is InChI=1S/C15H29NOS/c1-11(2)12-8-9-14(16-3)15(10-12)18(17)13-6-4-5-7-13/h11-16H,4-10H2,1-3H3. The molecule has 2 rings (SSSR count). The molecule has 3 heteroatoms. The molecular formula is C15H29NOS. The summed E-state index contributed by atoms with van der Waals surface area (Å²) >= 11 is 0. The van der Waals surface area contributed by atoms with Gasteiger partial charge in [0.2, 0.25) is 0 Å². The molecule has 2 fully saturated rings. The van der Waals surface area contributed by atoms with Crippen LogP contribution in [0.3, 0.4) is 0 Å². The number of rotatable bonds is 4. The van der Waals surface area contributed by atoms with Crippen molar-refractivity contribution in [2.45, 2.75) is 75.3 Å². The summed E-state index contributed by atoms with van der Waals surface area (Å²) in [6.07, 6.45) is 8.68. The second-order valence-electron chi connectivity index (χ2n) is 6.49. The molecule has 0 spiro atoms. The lowest BCUT2D eigenvalue weighted by Crippen LogP contribution is -2.47. The predicted molar refractivity (Wildman–Crippen MR) is 79.2 cm³/mol. The summed E-state index contributed by atoms with van der Waals surface area (Å²) in [5.41, 5.74) is 0. The van der Waals surface area contributed by atoms with Crippen molar-refractivity contribution >= 4 is 10.8 Å². The molecule has 0 heterocycles. The van der Waals surface area contributed by atoms with Gasteiger partial charge in [-0.15, -0.1) is 0 Å². The molecule has 18 heavy (non-hydrogen) atoms. The largest absolute Gasteiger partial charge is 0.316 e. The van der Waals surface area contributed by atoms with E-state index in [0.29, 0.717) is 16.5 Å². The topological polar surface area (TPSA) is 29.1 Å². The van der Waals surface area contributed by atoms with Crippen LogP contribution in [0.25, 0.3) is 0 Å². The van der Waals surface area contributed by atoms with Crippen molar-refractivity contribution in [1.29, 1.82) is 0 Å². The van der Waals surface area contributed by atoms with E-state index >= 15 is 0 Å². The molecule has 2 saturated carbocycles. The molecule has 4 atom stereocenters. The maximum Gasteiger partial charge on any atom is 0.0506 e. The van der Waals surface area contributed by atoms with E-state index in [1.807, 2.05) is 7.05 Å². The average Bonchev–Trinajstić information content (AvgIpc) is 2.90. The van der Waals surface area contributed by atoms with E-state index < -0.39 is 10.8 Å². The SMILES string of the molecule is CNC1CCC(C(C)C)CC1S(=O)C1CCCC1. The van der Waals surface area contributed by atoms with Gasteiger partial charge in [-0.2, -0.15) is 0 Å². The normalized spacial score (nSPS) is 36.1. The molecule has 0 radical (unpaired) electrons. The minimum Gasteiger partial charge on any atom is -0.316 e. The van der Waals surface area contributed by atoms with E-state index in [1.54, 1.807) is 0 Å². The van der Waals surface area contributed by atoms with Crippen molar-refractivity contribution in [1.82, 2.24) is 5.32 Å². The Bertz CT molecular complexity index is 286. The molecule has 0 aromatic heterocycles. The minimum absolute atomic E-state index is 0.402. The third kappa shape index (κ3) is 3.16. The van der Waals surface area contributed by atoms with E-state index in [4.69, 9.17) is 0 Å². The van der Waals surface area contributed by atoms with Crippen LogP contribution in [0.5, 0.6) is 0 Å². The van der Waals surface area contributed by atoms with Gasteiger partial charge >= 0.3 is 0 Å². The number of nitrogens with one attached hydrogen (secondary N) is 1. The van der Waals surface area contributed by atoms with Crippen LogP contribution in [0.15, 0.2) is 0 Å². The number of hydrogen-bond donors (Lipinski definition) is 1. The second-order valence-corrected chi connectivity index (χ2v) is 8.41. The average molecular weight is 271 g/mol. The van der Waals surface area contributed by atoms with Crippen LogP contribution >= 0.6 is 0 Å². The summed E-state index contributed by atoms with van der Waals surface area (Å²) in [7, 11) is 1.43. The fraction of sp³-hybridized carbons (Fsp3) is 1.00. The lowest BCUT2D eigenvalue weighted by Gasteiger charge is -2.38. The van der Waals surface area contributed by atoms with Gasteiger partial charge in [-0.1, -0.05) is 26.7 Å². The van der Waals surface area contributed by atoms with Crippen molar-refractivity contribution in [3.05, 3.63) is 0 Å². The Hall–Kier alpha value is 0.110. The van der Waals surface area contributed by atoms with Gasteiger partial charge in [0.25, 0.3) is 0 Å². The molecule has 106 valence electrons. The Labute approximate surface area is 115 Å². The van der Waals surface area contributed by atoms with Gasteiger partial charge in [0, 0.05) is 22.1 Å². The maximum atomic E-state index is 12.8. The molecule has 0 aromatic rings. The lowest BCUT2D eigenvalue weighted by atomic mass is 9.79. The van der Waals surface area contributed by atoms with Crippen LogP contribution < -0.4 is 5.32 Å². The molecule has 2 aliphatic carbocycles. The highest BCUT2D eigenvalue weighted by atomic mass is 32.2. The highest BCUT2D eigenvalue weighted by Crippen LogP contribution is 2.36. The molecule has 2 aliphatic rings. The minimum atomic E-state index is -0.611. The first-order valence-electron chi connectivity index (χ1n) is 7.70. The summed E-state index contributed by atoms with van der Waals surface area (Å²) < 4.78 is 12.8. The zero-order valence-corrected chi connectivity index (χ0v) is 13.0. The van der Waals surface area contributed by atoms with E-state index in [0.717, 1.165) is 11.8 Å². The molecule has 0 aliphatic heterocycles. The van der Waals surface area contributed by atoms with Crippen molar-refractivity contribution in [3.8, 4) is 0 Å². The van der Waals surface area contributed by atoms with Crippen LogP contribution in [0.2, 0.25) is 0 Å². The van der Waals surface area contributed by atoms with Crippen molar-refractivity contribution in [2.24, 2.45) is 11.8 Å². The first-order chi connectivity index (χ1) is 8.63. The van der Waals surface area contributed by atoms with E-state index in [1.165, 1.54) is 44.9 Å². The van der Waals surface area contributed by atoms with Gasteiger partial charge in [-0.05, 0) is 51.0 Å². The fourth-order valence-electron chi connectivity index (χ4n) is 3.72. The molecule has 2 nitrogen and oxygen atoms in total.